The van der Waals surface area contributed by atoms with Crippen LogP contribution in [0.25, 0.3) is 0 Å². The van der Waals surface area contributed by atoms with Gasteiger partial charge in [-0.15, -0.1) is 11.3 Å². The summed E-state index contributed by atoms with van der Waals surface area (Å²) < 4.78 is 6.65. The molecule has 16 heavy (non-hydrogen) atoms. The molecule has 1 atom stereocenters. The molecule has 0 fully saturated rings. The zero-order valence-corrected chi connectivity index (χ0v) is 13.2. The Kier molecular flexibility index (Phi) is 4.16. The molecule has 5 heteroatoms. The maximum absolute atomic E-state index is 6.01. The van der Waals surface area contributed by atoms with Gasteiger partial charge < -0.3 is 4.42 Å². The SMILES string of the molecule is CCc1ccc(C(Br)c2cc(Cl)c(Br)s2)o1. The van der Waals surface area contributed by atoms with Gasteiger partial charge in [0.15, 0.2) is 0 Å². The second-order valence-electron chi connectivity index (χ2n) is 3.29. The molecule has 2 aromatic rings. The average molecular weight is 385 g/mol. The van der Waals surface area contributed by atoms with Gasteiger partial charge in [-0.05, 0) is 34.1 Å². The second kappa shape index (κ2) is 5.25. The van der Waals surface area contributed by atoms with Crippen molar-refractivity contribution in [2.24, 2.45) is 0 Å². The Hall–Kier alpha value is 0.230. The van der Waals surface area contributed by atoms with Crippen molar-refractivity contribution in [3.8, 4) is 0 Å². The maximum atomic E-state index is 6.01. The van der Waals surface area contributed by atoms with Gasteiger partial charge in [-0.3, -0.25) is 0 Å². The standard InChI is InChI=1S/C11H9Br2ClOS/c1-2-6-3-4-8(15-6)10(12)9-5-7(14)11(13)16-9/h3-5,10H,2H2,1H3. The first-order valence-electron chi connectivity index (χ1n) is 4.79. The smallest absolute Gasteiger partial charge is 0.123 e. The van der Waals surface area contributed by atoms with Crippen LogP contribution in [0.1, 0.15) is 28.1 Å². The van der Waals surface area contributed by atoms with Gasteiger partial charge in [-0.2, -0.15) is 0 Å². The first kappa shape index (κ1) is 12.7. The predicted molar refractivity (Wildman–Crippen MR) is 75.9 cm³/mol. The van der Waals surface area contributed by atoms with Crippen LogP contribution in [0, 0.1) is 0 Å². The number of furan rings is 1. The fourth-order valence-electron chi connectivity index (χ4n) is 1.35. The Morgan fingerprint density at radius 2 is 2.25 bits per heavy atom. The third-order valence-corrected chi connectivity index (χ3v) is 5.98. The van der Waals surface area contributed by atoms with Gasteiger partial charge in [0.1, 0.15) is 16.3 Å². The largest absolute Gasteiger partial charge is 0.465 e. The van der Waals surface area contributed by atoms with Crippen molar-refractivity contribution >= 4 is 54.8 Å². The van der Waals surface area contributed by atoms with E-state index in [4.69, 9.17) is 16.0 Å². The summed E-state index contributed by atoms with van der Waals surface area (Å²) in [7, 11) is 0. The van der Waals surface area contributed by atoms with Crippen LogP contribution >= 0.6 is 54.8 Å². The third kappa shape index (κ3) is 2.55. The van der Waals surface area contributed by atoms with E-state index >= 15 is 0 Å². The van der Waals surface area contributed by atoms with Crippen LogP contribution in [0.4, 0.5) is 0 Å². The van der Waals surface area contributed by atoms with E-state index in [-0.39, 0.29) is 4.83 Å². The molecule has 0 spiro atoms. The minimum Gasteiger partial charge on any atom is -0.465 e. The number of hydrogen-bond donors (Lipinski definition) is 0. The molecule has 0 saturated heterocycles. The topological polar surface area (TPSA) is 13.1 Å². The Balaban J connectivity index is 2.27. The predicted octanol–water partition coefficient (Wildman–Crippen LogP) is 5.80. The van der Waals surface area contributed by atoms with Crippen LogP contribution in [-0.4, -0.2) is 0 Å². The summed E-state index contributed by atoms with van der Waals surface area (Å²) in [6.07, 6.45) is 0.911. The summed E-state index contributed by atoms with van der Waals surface area (Å²) in [6.45, 7) is 2.07. The molecule has 2 aromatic heterocycles. The summed E-state index contributed by atoms with van der Waals surface area (Å²) in [5.74, 6) is 1.92. The minimum atomic E-state index is 0.0709. The lowest BCUT2D eigenvalue weighted by atomic mass is 10.3. The average Bonchev–Trinajstić information content (AvgIpc) is 2.86. The summed E-state index contributed by atoms with van der Waals surface area (Å²) in [6, 6.07) is 5.96. The molecule has 1 nitrogen and oxygen atoms in total. The third-order valence-electron chi connectivity index (χ3n) is 2.19. The van der Waals surface area contributed by atoms with Gasteiger partial charge in [-0.25, -0.2) is 0 Å². The molecule has 0 N–H and O–H groups in total. The second-order valence-corrected chi connectivity index (χ2v) is 7.02. The van der Waals surface area contributed by atoms with Crippen molar-refractivity contribution < 1.29 is 4.42 Å². The van der Waals surface area contributed by atoms with Crippen LogP contribution in [0.15, 0.2) is 26.4 Å². The van der Waals surface area contributed by atoms with E-state index in [1.807, 2.05) is 18.2 Å². The fourth-order valence-corrected chi connectivity index (χ4v) is 3.74. The highest BCUT2D eigenvalue weighted by Crippen LogP contribution is 2.41. The molecule has 2 heterocycles. The van der Waals surface area contributed by atoms with Crippen LogP contribution in [0.2, 0.25) is 5.02 Å². The van der Waals surface area contributed by atoms with Crippen molar-refractivity contribution in [1.29, 1.82) is 0 Å². The fraction of sp³-hybridized carbons (Fsp3) is 0.273. The molecule has 86 valence electrons. The number of aryl methyl sites for hydroxylation is 1. The van der Waals surface area contributed by atoms with E-state index in [2.05, 4.69) is 38.8 Å². The quantitative estimate of drug-likeness (QED) is 0.609. The first-order chi connectivity index (χ1) is 7.61. The molecular weight excluding hydrogens is 375 g/mol. The lowest BCUT2D eigenvalue weighted by Crippen LogP contribution is -1.85. The van der Waals surface area contributed by atoms with Crippen LogP contribution in [-0.2, 0) is 6.42 Å². The van der Waals surface area contributed by atoms with Gasteiger partial charge >= 0.3 is 0 Å². The molecule has 0 bridgehead atoms. The monoisotopic (exact) mass is 382 g/mol. The van der Waals surface area contributed by atoms with Gasteiger partial charge in [0.2, 0.25) is 0 Å². The summed E-state index contributed by atoms with van der Waals surface area (Å²) in [5, 5.41) is 0.742. The van der Waals surface area contributed by atoms with Crippen LogP contribution in [0.3, 0.4) is 0 Å². The molecule has 1 unspecified atom stereocenters. The Labute approximate surface area is 120 Å². The van der Waals surface area contributed by atoms with E-state index < -0.39 is 0 Å². The van der Waals surface area contributed by atoms with E-state index in [9.17, 15) is 0 Å². The van der Waals surface area contributed by atoms with Gasteiger partial charge in [0.25, 0.3) is 0 Å². The first-order valence-corrected chi connectivity index (χ1v) is 7.69. The molecule has 0 radical (unpaired) electrons. The Bertz CT molecular complexity index is 472. The van der Waals surface area contributed by atoms with Crippen LogP contribution in [0.5, 0.6) is 0 Å². The molecule has 0 aromatic carbocycles. The maximum Gasteiger partial charge on any atom is 0.123 e. The molecule has 0 aliphatic rings. The van der Waals surface area contributed by atoms with E-state index in [1.54, 1.807) is 11.3 Å². The zero-order valence-electron chi connectivity index (χ0n) is 8.47. The van der Waals surface area contributed by atoms with Crippen molar-refractivity contribution in [3.05, 3.63) is 43.4 Å². The normalized spacial score (nSPS) is 13.0. The highest BCUT2D eigenvalue weighted by molar-refractivity contribution is 9.11. The lowest BCUT2D eigenvalue weighted by molar-refractivity contribution is 0.478. The van der Waals surface area contributed by atoms with Gasteiger partial charge in [0, 0.05) is 11.3 Å². The molecule has 2 rings (SSSR count). The van der Waals surface area contributed by atoms with Gasteiger partial charge in [0.05, 0.1) is 8.81 Å². The van der Waals surface area contributed by atoms with Crippen molar-refractivity contribution in [2.45, 2.75) is 18.2 Å². The van der Waals surface area contributed by atoms with E-state index in [0.29, 0.717) is 0 Å². The summed E-state index contributed by atoms with van der Waals surface area (Å²) >= 11 is 14.6. The van der Waals surface area contributed by atoms with Crippen molar-refractivity contribution in [2.75, 3.05) is 0 Å². The molecule has 0 aliphatic carbocycles. The summed E-state index contributed by atoms with van der Waals surface area (Å²) in [5.41, 5.74) is 0. The number of rotatable bonds is 3. The van der Waals surface area contributed by atoms with Gasteiger partial charge in [-0.1, -0.05) is 34.5 Å². The molecular formula is C11H9Br2ClOS. The number of halogens is 3. The Morgan fingerprint density at radius 3 is 2.75 bits per heavy atom. The Morgan fingerprint density at radius 1 is 1.50 bits per heavy atom. The van der Waals surface area contributed by atoms with Crippen LogP contribution < -0.4 is 0 Å². The lowest BCUT2D eigenvalue weighted by Gasteiger charge is -2.02. The zero-order chi connectivity index (χ0) is 11.7. The summed E-state index contributed by atoms with van der Waals surface area (Å²) in [4.78, 5) is 1.20. The van der Waals surface area contributed by atoms with Crippen molar-refractivity contribution in [1.82, 2.24) is 0 Å². The minimum absolute atomic E-state index is 0.0709. The highest BCUT2D eigenvalue weighted by atomic mass is 79.9. The van der Waals surface area contributed by atoms with E-state index in [1.165, 1.54) is 0 Å². The highest BCUT2D eigenvalue weighted by Gasteiger charge is 2.18. The molecule has 0 amide bonds. The van der Waals surface area contributed by atoms with Crippen molar-refractivity contribution in [3.63, 3.8) is 0 Å². The van der Waals surface area contributed by atoms with E-state index in [0.717, 1.165) is 31.6 Å². The molecule has 0 saturated carbocycles. The number of hydrogen-bond acceptors (Lipinski definition) is 2. The number of thiophene rings is 1. The number of alkyl halides is 1. The molecule has 0 aliphatic heterocycles.